The molecule has 5 aromatic rings. The molecule has 0 saturated carbocycles. The standard InChI is InChI=1S/C29H23ClF3N3O7S/c1-40-21-6-3-18(4-7-21)16-35(27-11-12-43-34-27)44(38,39)22-8-9-24-19(13-22)5-10-28(37)36(24)25-15-23(30)20(14-26(25)41-2)17-42-29(31,32)33/h3-15H,16-17H2,1-2H3. The number of pyridine rings is 1. The quantitative estimate of drug-likeness (QED) is 0.179. The molecule has 0 N–H and O–H groups in total. The average molecular weight is 650 g/mol. The zero-order valence-corrected chi connectivity index (χ0v) is 24.6. The number of methoxy groups -OCH3 is 2. The number of benzene rings is 3. The third kappa shape index (κ3) is 6.37. The maximum absolute atomic E-state index is 14.0. The summed E-state index contributed by atoms with van der Waals surface area (Å²) in [6, 6.07) is 17.6. The largest absolute Gasteiger partial charge is 0.522 e. The van der Waals surface area contributed by atoms with Gasteiger partial charge in [-0.2, -0.15) is 0 Å². The molecule has 0 unspecified atom stereocenters. The van der Waals surface area contributed by atoms with Crippen LogP contribution in [-0.4, -0.2) is 38.7 Å². The van der Waals surface area contributed by atoms with E-state index in [0.29, 0.717) is 16.7 Å². The highest BCUT2D eigenvalue weighted by Crippen LogP contribution is 2.34. The zero-order valence-electron chi connectivity index (χ0n) is 23.0. The number of hydrogen-bond acceptors (Lipinski definition) is 8. The van der Waals surface area contributed by atoms with Gasteiger partial charge in [-0.1, -0.05) is 28.9 Å². The highest BCUT2D eigenvalue weighted by atomic mass is 35.5. The summed E-state index contributed by atoms with van der Waals surface area (Å²) in [4.78, 5) is 13.0. The molecule has 5 rings (SSSR count). The first kappa shape index (κ1) is 30.9. The van der Waals surface area contributed by atoms with Gasteiger partial charge in [0.2, 0.25) is 0 Å². The summed E-state index contributed by atoms with van der Waals surface area (Å²) < 4.78 is 87.4. The minimum absolute atomic E-state index is 0.0175. The second-order valence-corrected chi connectivity index (χ2v) is 11.6. The van der Waals surface area contributed by atoms with E-state index in [4.69, 9.17) is 25.6 Å². The molecule has 0 aliphatic rings. The van der Waals surface area contributed by atoms with Crippen LogP contribution in [-0.2, 0) is 27.9 Å². The summed E-state index contributed by atoms with van der Waals surface area (Å²) in [5.41, 5.74) is 0.526. The average Bonchev–Trinajstić information content (AvgIpc) is 3.53. The molecule has 0 bridgehead atoms. The Hall–Kier alpha value is -4.53. The van der Waals surface area contributed by atoms with E-state index in [0.717, 1.165) is 4.31 Å². The van der Waals surface area contributed by atoms with Gasteiger partial charge in [0, 0.05) is 28.1 Å². The molecule has 0 amide bonds. The van der Waals surface area contributed by atoms with Gasteiger partial charge in [0.25, 0.3) is 15.6 Å². The number of alkyl halides is 3. The fraction of sp³-hybridized carbons (Fsp3) is 0.172. The minimum atomic E-state index is -4.88. The van der Waals surface area contributed by atoms with E-state index in [-0.39, 0.29) is 44.8 Å². The van der Waals surface area contributed by atoms with Crippen molar-refractivity contribution in [3.63, 3.8) is 0 Å². The van der Waals surface area contributed by atoms with Gasteiger partial charge in [0.1, 0.15) is 17.8 Å². The molecule has 15 heteroatoms. The third-order valence-electron chi connectivity index (χ3n) is 6.60. The van der Waals surface area contributed by atoms with Gasteiger partial charge in [-0.05, 0) is 54.1 Å². The van der Waals surface area contributed by atoms with Crippen molar-refractivity contribution < 1.29 is 40.3 Å². The summed E-state index contributed by atoms with van der Waals surface area (Å²) in [5, 5.41) is 4.09. The molecule has 44 heavy (non-hydrogen) atoms. The Morgan fingerprint density at radius 1 is 0.977 bits per heavy atom. The van der Waals surface area contributed by atoms with Crippen LogP contribution in [0.4, 0.5) is 19.0 Å². The number of anilines is 1. The first-order valence-corrected chi connectivity index (χ1v) is 14.5. The van der Waals surface area contributed by atoms with E-state index >= 15 is 0 Å². The number of aromatic nitrogens is 2. The summed E-state index contributed by atoms with van der Waals surface area (Å²) >= 11 is 6.27. The molecule has 2 heterocycles. The second kappa shape index (κ2) is 12.2. The molecule has 2 aromatic heterocycles. The summed E-state index contributed by atoms with van der Waals surface area (Å²) in [6.45, 7) is -0.945. The zero-order chi connectivity index (χ0) is 31.6. The number of nitrogens with zero attached hydrogens (tertiary/aromatic N) is 3. The van der Waals surface area contributed by atoms with Crippen LogP contribution in [0.2, 0.25) is 5.02 Å². The molecule has 10 nitrogen and oxygen atoms in total. The normalized spacial score (nSPS) is 12.0. The molecular weight excluding hydrogens is 627 g/mol. The van der Waals surface area contributed by atoms with Crippen LogP contribution in [0.5, 0.6) is 11.5 Å². The van der Waals surface area contributed by atoms with Crippen LogP contribution >= 0.6 is 11.6 Å². The number of halogens is 4. The first-order chi connectivity index (χ1) is 20.9. The highest BCUT2D eigenvalue weighted by Gasteiger charge is 2.30. The third-order valence-corrected chi connectivity index (χ3v) is 8.70. The maximum Gasteiger partial charge on any atom is 0.522 e. The first-order valence-electron chi connectivity index (χ1n) is 12.7. The maximum atomic E-state index is 14.0. The van der Waals surface area contributed by atoms with E-state index in [9.17, 15) is 26.4 Å². The molecule has 0 radical (unpaired) electrons. The van der Waals surface area contributed by atoms with Crippen molar-refractivity contribution in [2.75, 3.05) is 18.5 Å². The van der Waals surface area contributed by atoms with Crippen molar-refractivity contribution in [1.29, 1.82) is 0 Å². The van der Waals surface area contributed by atoms with Crippen molar-refractivity contribution in [3.8, 4) is 17.2 Å². The number of rotatable bonds is 10. The Bertz CT molecular complexity index is 1960. The predicted octanol–water partition coefficient (Wildman–Crippen LogP) is 6.08. The molecule has 0 spiro atoms. The van der Waals surface area contributed by atoms with E-state index in [1.165, 1.54) is 73.6 Å². The van der Waals surface area contributed by atoms with Gasteiger partial charge in [0.05, 0.1) is 43.5 Å². The Labute approximate surface area is 253 Å². The van der Waals surface area contributed by atoms with Crippen LogP contribution in [0.15, 0.2) is 93.3 Å². The molecule has 230 valence electrons. The highest BCUT2D eigenvalue weighted by molar-refractivity contribution is 7.92. The van der Waals surface area contributed by atoms with Crippen LogP contribution in [0.25, 0.3) is 16.6 Å². The Morgan fingerprint density at radius 3 is 2.36 bits per heavy atom. The van der Waals surface area contributed by atoms with Crippen LogP contribution < -0.4 is 19.3 Å². The van der Waals surface area contributed by atoms with E-state index < -0.39 is 28.6 Å². The fourth-order valence-electron chi connectivity index (χ4n) is 4.47. The molecule has 0 aliphatic heterocycles. The Kier molecular flexibility index (Phi) is 8.59. The van der Waals surface area contributed by atoms with Gasteiger partial charge in [0.15, 0.2) is 5.82 Å². The lowest BCUT2D eigenvalue weighted by Crippen LogP contribution is -2.31. The monoisotopic (exact) mass is 649 g/mol. The number of hydrogen-bond donors (Lipinski definition) is 0. The van der Waals surface area contributed by atoms with Gasteiger partial charge in [-0.25, -0.2) is 12.7 Å². The van der Waals surface area contributed by atoms with Crippen LogP contribution in [0.1, 0.15) is 11.1 Å². The van der Waals surface area contributed by atoms with E-state index in [1.54, 1.807) is 24.3 Å². The number of ether oxygens (including phenoxy) is 3. The van der Waals surface area contributed by atoms with Crippen molar-refractivity contribution in [3.05, 3.63) is 106 Å². The topological polar surface area (TPSA) is 113 Å². The lowest BCUT2D eigenvalue weighted by molar-refractivity contribution is -0.330. The summed E-state index contributed by atoms with van der Waals surface area (Å²) in [7, 11) is -1.42. The molecule has 0 aliphatic carbocycles. The van der Waals surface area contributed by atoms with Crippen molar-refractivity contribution >= 4 is 38.3 Å². The van der Waals surface area contributed by atoms with Crippen LogP contribution in [0, 0.1) is 0 Å². The Morgan fingerprint density at radius 2 is 1.73 bits per heavy atom. The second-order valence-electron chi connectivity index (χ2n) is 9.29. The summed E-state index contributed by atoms with van der Waals surface area (Å²) in [5.74, 6) is 0.699. The van der Waals surface area contributed by atoms with E-state index in [1.807, 2.05) is 0 Å². The lowest BCUT2D eigenvalue weighted by Gasteiger charge is -2.22. The van der Waals surface area contributed by atoms with E-state index in [2.05, 4.69) is 9.89 Å². The van der Waals surface area contributed by atoms with Crippen molar-refractivity contribution in [1.82, 2.24) is 9.72 Å². The van der Waals surface area contributed by atoms with Gasteiger partial charge < -0.3 is 14.0 Å². The fourth-order valence-corrected chi connectivity index (χ4v) is 6.12. The molecule has 3 aromatic carbocycles. The molecule has 0 fully saturated rings. The smallest absolute Gasteiger partial charge is 0.497 e. The van der Waals surface area contributed by atoms with Crippen molar-refractivity contribution in [2.45, 2.75) is 24.4 Å². The minimum Gasteiger partial charge on any atom is -0.497 e. The molecule has 0 saturated heterocycles. The van der Waals surface area contributed by atoms with Gasteiger partial charge in [-0.3, -0.25) is 14.1 Å². The Balaban J connectivity index is 1.57. The number of fused-ring (bicyclic) bond motifs is 1. The lowest BCUT2D eigenvalue weighted by atomic mass is 10.1. The van der Waals surface area contributed by atoms with Gasteiger partial charge in [-0.15, -0.1) is 13.2 Å². The van der Waals surface area contributed by atoms with Crippen molar-refractivity contribution in [2.24, 2.45) is 0 Å². The molecule has 0 atom stereocenters. The summed E-state index contributed by atoms with van der Waals surface area (Å²) in [6.07, 6.45) is -3.62. The predicted molar refractivity (Wildman–Crippen MR) is 155 cm³/mol. The molecular formula is C29H23ClF3N3O7S. The van der Waals surface area contributed by atoms with Gasteiger partial charge >= 0.3 is 6.36 Å². The van der Waals surface area contributed by atoms with Crippen LogP contribution in [0.3, 0.4) is 0 Å². The SMILES string of the molecule is COc1ccc(CN(c2ccon2)S(=O)(=O)c2ccc3c(ccc(=O)n3-c3cc(Cl)c(COC(F)(F)F)cc3OC)c2)cc1. The number of sulfonamides is 1.